The van der Waals surface area contributed by atoms with Crippen molar-refractivity contribution in [1.29, 1.82) is 0 Å². The van der Waals surface area contributed by atoms with E-state index in [0.29, 0.717) is 25.6 Å². The van der Waals surface area contributed by atoms with Crippen LogP contribution < -0.4 is 5.32 Å². The van der Waals surface area contributed by atoms with E-state index in [1.165, 1.54) is 4.31 Å². The molecule has 6 heteroatoms. The molecular formula is C15H27N3O2S. The molecule has 120 valence electrons. The van der Waals surface area contributed by atoms with E-state index in [4.69, 9.17) is 0 Å². The molecule has 21 heavy (non-hydrogen) atoms. The predicted molar refractivity (Wildman–Crippen MR) is 86.5 cm³/mol. The standard InChI is InChI=1S/C15H27N3O2S/c1-4-18(13-15-9-5-6-11-17-15)21(19,20)12-8-7-10-16-14(2)3/h5-6,9,11,14,16H,4,7-8,10,12-13H2,1-3H3. The Morgan fingerprint density at radius 1 is 1.29 bits per heavy atom. The van der Waals surface area contributed by atoms with E-state index >= 15 is 0 Å². The van der Waals surface area contributed by atoms with Crippen LogP contribution >= 0.6 is 0 Å². The molecule has 1 aromatic heterocycles. The Morgan fingerprint density at radius 3 is 2.62 bits per heavy atom. The topological polar surface area (TPSA) is 62.3 Å². The van der Waals surface area contributed by atoms with Gasteiger partial charge >= 0.3 is 0 Å². The summed E-state index contributed by atoms with van der Waals surface area (Å²) in [5.74, 6) is 0.202. The number of pyridine rings is 1. The van der Waals surface area contributed by atoms with Crippen LogP contribution in [0.3, 0.4) is 0 Å². The first-order chi connectivity index (χ1) is 9.95. The second kappa shape index (κ2) is 9.12. The minimum absolute atomic E-state index is 0.202. The number of nitrogens with one attached hydrogen (secondary N) is 1. The summed E-state index contributed by atoms with van der Waals surface area (Å²) in [6.07, 6.45) is 3.24. The molecule has 1 N–H and O–H groups in total. The summed E-state index contributed by atoms with van der Waals surface area (Å²) in [6.45, 7) is 7.72. The van der Waals surface area contributed by atoms with Crippen LogP contribution in [0.2, 0.25) is 0 Å². The molecule has 0 saturated heterocycles. The molecule has 1 aromatic rings. The smallest absolute Gasteiger partial charge is 0.214 e. The first-order valence-corrected chi connectivity index (χ1v) is 9.17. The number of unbranched alkanes of at least 4 members (excludes halogenated alkanes) is 1. The van der Waals surface area contributed by atoms with Crippen molar-refractivity contribution in [2.75, 3.05) is 18.8 Å². The molecule has 0 fully saturated rings. The van der Waals surface area contributed by atoms with Gasteiger partial charge < -0.3 is 5.32 Å². The first kappa shape index (κ1) is 18.1. The van der Waals surface area contributed by atoms with Gasteiger partial charge in [-0.25, -0.2) is 8.42 Å². The minimum Gasteiger partial charge on any atom is -0.315 e. The Balaban J connectivity index is 2.46. The third-order valence-electron chi connectivity index (χ3n) is 3.19. The fourth-order valence-corrected chi connectivity index (χ4v) is 3.56. The van der Waals surface area contributed by atoms with Crippen molar-refractivity contribution < 1.29 is 8.42 Å². The third kappa shape index (κ3) is 7.02. The molecule has 0 unspecified atom stereocenters. The molecular weight excluding hydrogens is 286 g/mol. The molecule has 0 aliphatic heterocycles. The Hall–Kier alpha value is -0.980. The molecule has 5 nitrogen and oxygen atoms in total. The Morgan fingerprint density at radius 2 is 2.05 bits per heavy atom. The zero-order valence-electron chi connectivity index (χ0n) is 13.2. The number of hydrogen-bond acceptors (Lipinski definition) is 4. The maximum absolute atomic E-state index is 12.3. The van der Waals surface area contributed by atoms with Crippen molar-refractivity contribution >= 4 is 10.0 Å². The largest absolute Gasteiger partial charge is 0.315 e. The maximum Gasteiger partial charge on any atom is 0.214 e. The normalized spacial score (nSPS) is 12.2. The highest BCUT2D eigenvalue weighted by atomic mass is 32.2. The molecule has 0 aromatic carbocycles. The summed E-state index contributed by atoms with van der Waals surface area (Å²) >= 11 is 0. The quantitative estimate of drug-likeness (QED) is 0.671. The van der Waals surface area contributed by atoms with Gasteiger partial charge in [0.15, 0.2) is 0 Å². The van der Waals surface area contributed by atoms with Gasteiger partial charge in [0.1, 0.15) is 0 Å². The summed E-state index contributed by atoms with van der Waals surface area (Å²) in [7, 11) is -3.21. The maximum atomic E-state index is 12.3. The number of hydrogen-bond donors (Lipinski definition) is 1. The Labute approximate surface area is 128 Å². The van der Waals surface area contributed by atoms with Crippen LogP contribution in [0, 0.1) is 0 Å². The van der Waals surface area contributed by atoms with Crippen molar-refractivity contribution in [2.24, 2.45) is 0 Å². The van der Waals surface area contributed by atoms with Crippen LogP contribution in [0.25, 0.3) is 0 Å². The summed E-state index contributed by atoms with van der Waals surface area (Å²) in [5.41, 5.74) is 0.782. The van der Waals surface area contributed by atoms with E-state index < -0.39 is 10.0 Å². The molecule has 0 radical (unpaired) electrons. The fourth-order valence-electron chi connectivity index (χ4n) is 2.01. The molecule has 1 rings (SSSR count). The lowest BCUT2D eigenvalue weighted by Gasteiger charge is -2.20. The number of aromatic nitrogens is 1. The number of rotatable bonds is 10. The van der Waals surface area contributed by atoms with Crippen molar-refractivity contribution in [3.8, 4) is 0 Å². The zero-order valence-corrected chi connectivity index (χ0v) is 14.1. The zero-order chi connectivity index (χ0) is 15.7. The van der Waals surface area contributed by atoms with E-state index in [0.717, 1.165) is 18.7 Å². The molecule has 0 saturated carbocycles. The lowest BCUT2D eigenvalue weighted by Crippen LogP contribution is -2.33. The average molecular weight is 313 g/mol. The Kier molecular flexibility index (Phi) is 7.85. The van der Waals surface area contributed by atoms with E-state index in [1.54, 1.807) is 6.20 Å². The van der Waals surface area contributed by atoms with Crippen LogP contribution in [-0.4, -0.2) is 42.6 Å². The highest BCUT2D eigenvalue weighted by Gasteiger charge is 2.20. The van der Waals surface area contributed by atoms with Gasteiger partial charge in [0, 0.05) is 18.8 Å². The van der Waals surface area contributed by atoms with Crippen LogP contribution in [-0.2, 0) is 16.6 Å². The molecule has 0 amide bonds. The van der Waals surface area contributed by atoms with Crippen molar-refractivity contribution in [1.82, 2.24) is 14.6 Å². The van der Waals surface area contributed by atoms with Crippen LogP contribution in [0.5, 0.6) is 0 Å². The monoisotopic (exact) mass is 313 g/mol. The van der Waals surface area contributed by atoms with Gasteiger partial charge in [-0.05, 0) is 31.5 Å². The van der Waals surface area contributed by atoms with Gasteiger partial charge in [-0.2, -0.15) is 4.31 Å². The first-order valence-electron chi connectivity index (χ1n) is 7.57. The molecule has 0 atom stereocenters. The van der Waals surface area contributed by atoms with E-state index in [9.17, 15) is 8.42 Å². The van der Waals surface area contributed by atoms with E-state index in [2.05, 4.69) is 24.1 Å². The van der Waals surface area contributed by atoms with Crippen LogP contribution in [0.1, 0.15) is 39.3 Å². The van der Waals surface area contributed by atoms with Gasteiger partial charge in [0.05, 0.1) is 18.0 Å². The fraction of sp³-hybridized carbons (Fsp3) is 0.667. The van der Waals surface area contributed by atoms with Gasteiger partial charge in [0.2, 0.25) is 10.0 Å². The van der Waals surface area contributed by atoms with Crippen molar-refractivity contribution in [3.05, 3.63) is 30.1 Å². The average Bonchev–Trinajstić information content (AvgIpc) is 2.45. The van der Waals surface area contributed by atoms with Crippen LogP contribution in [0.4, 0.5) is 0 Å². The van der Waals surface area contributed by atoms with Crippen LogP contribution in [0.15, 0.2) is 24.4 Å². The van der Waals surface area contributed by atoms with Crippen molar-refractivity contribution in [3.63, 3.8) is 0 Å². The van der Waals surface area contributed by atoms with E-state index in [1.807, 2.05) is 25.1 Å². The van der Waals surface area contributed by atoms with Gasteiger partial charge in [-0.15, -0.1) is 0 Å². The second-order valence-corrected chi connectivity index (χ2v) is 7.47. The highest BCUT2D eigenvalue weighted by Crippen LogP contribution is 2.09. The SMILES string of the molecule is CCN(Cc1ccccn1)S(=O)(=O)CCCCNC(C)C. The molecule has 0 aliphatic carbocycles. The van der Waals surface area contributed by atoms with Gasteiger partial charge in [-0.3, -0.25) is 4.98 Å². The van der Waals surface area contributed by atoms with Gasteiger partial charge in [0.25, 0.3) is 0 Å². The van der Waals surface area contributed by atoms with E-state index in [-0.39, 0.29) is 5.75 Å². The number of sulfonamides is 1. The lowest BCUT2D eigenvalue weighted by atomic mass is 10.3. The number of nitrogens with zero attached hydrogens (tertiary/aromatic N) is 2. The second-order valence-electron chi connectivity index (χ2n) is 5.38. The highest BCUT2D eigenvalue weighted by molar-refractivity contribution is 7.89. The molecule has 0 aliphatic rings. The van der Waals surface area contributed by atoms with Crippen molar-refractivity contribution in [2.45, 2.75) is 46.2 Å². The summed E-state index contributed by atoms with van der Waals surface area (Å²) in [5, 5.41) is 3.30. The minimum atomic E-state index is -3.21. The summed E-state index contributed by atoms with van der Waals surface area (Å²) in [4.78, 5) is 4.19. The lowest BCUT2D eigenvalue weighted by molar-refractivity contribution is 0.417. The molecule has 0 bridgehead atoms. The predicted octanol–water partition coefficient (Wildman–Crippen LogP) is 2.01. The molecule has 0 spiro atoms. The summed E-state index contributed by atoms with van der Waals surface area (Å²) < 4.78 is 26.2. The molecule has 1 heterocycles. The Bertz CT molecular complexity index is 489. The van der Waals surface area contributed by atoms with Gasteiger partial charge in [-0.1, -0.05) is 26.8 Å². The third-order valence-corrected chi connectivity index (χ3v) is 5.17. The summed E-state index contributed by atoms with van der Waals surface area (Å²) in [6, 6.07) is 6.00.